The van der Waals surface area contributed by atoms with Crippen LogP contribution in [0.2, 0.25) is 0 Å². The topological polar surface area (TPSA) is 17.1 Å². The molecular formula is C15H18O. The van der Waals surface area contributed by atoms with Gasteiger partial charge in [-0.05, 0) is 35.8 Å². The summed E-state index contributed by atoms with van der Waals surface area (Å²) in [5.74, 6) is 1.14. The fraction of sp³-hybridized carbons (Fsp3) is 0.400. The number of rotatable bonds is 5. The lowest BCUT2D eigenvalue weighted by molar-refractivity contribution is -0.108. The van der Waals surface area contributed by atoms with E-state index in [4.69, 9.17) is 0 Å². The molecule has 16 heavy (non-hydrogen) atoms. The normalized spacial score (nSPS) is 17.6. The molecule has 0 aromatic heterocycles. The van der Waals surface area contributed by atoms with Gasteiger partial charge < -0.3 is 4.79 Å². The van der Waals surface area contributed by atoms with E-state index in [2.05, 4.69) is 43.3 Å². The second kappa shape index (κ2) is 5.11. The lowest BCUT2D eigenvalue weighted by Crippen LogP contribution is -1.94. The summed E-state index contributed by atoms with van der Waals surface area (Å²) in [5, 5.41) is 0. The van der Waals surface area contributed by atoms with Gasteiger partial charge in [0, 0.05) is 6.42 Å². The van der Waals surface area contributed by atoms with Crippen LogP contribution in [0, 0.1) is 5.92 Å². The molecule has 2 rings (SSSR count). The van der Waals surface area contributed by atoms with Crippen LogP contribution in [-0.2, 0) is 4.79 Å². The van der Waals surface area contributed by atoms with Gasteiger partial charge in [-0.2, -0.15) is 0 Å². The van der Waals surface area contributed by atoms with Crippen molar-refractivity contribution in [2.45, 2.75) is 32.1 Å². The molecule has 0 amide bonds. The van der Waals surface area contributed by atoms with Crippen LogP contribution in [0.5, 0.6) is 0 Å². The van der Waals surface area contributed by atoms with E-state index >= 15 is 0 Å². The average molecular weight is 214 g/mol. The largest absolute Gasteiger partial charge is 0.303 e. The summed E-state index contributed by atoms with van der Waals surface area (Å²) in [6.07, 6.45) is 8.79. The number of carbonyl (C=O) groups is 1. The molecule has 1 saturated carbocycles. The summed E-state index contributed by atoms with van der Waals surface area (Å²) in [5.41, 5.74) is 2.51. The van der Waals surface area contributed by atoms with E-state index in [1.807, 2.05) is 0 Å². The Morgan fingerprint density at radius 3 is 2.94 bits per heavy atom. The van der Waals surface area contributed by atoms with E-state index in [1.165, 1.54) is 24.0 Å². The quantitative estimate of drug-likeness (QED) is 0.681. The molecule has 1 aliphatic rings. The molecule has 1 aromatic carbocycles. The predicted molar refractivity (Wildman–Crippen MR) is 67.3 cm³/mol. The highest BCUT2D eigenvalue weighted by Gasteiger charge is 2.16. The van der Waals surface area contributed by atoms with Crippen LogP contribution in [0.1, 0.15) is 43.2 Å². The van der Waals surface area contributed by atoms with Crippen molar-refractivity contribution in [1.82, 2.24) is 0 Å². The molecule has 0 saturated heterocycles. The van der Waals surface area contributed by atoms with Crippen LogP contribution in [0.4, 0.5) is 0 Å². The first-order valence-corrected chi connectivity index (χ1v) is 6.01. The molecular weight excluding hydrogens is 196 g/mol. The van der Waals surface area contributed by atoms with Gasteiger partial charge in [-0.3, -0.25) is 0 Å². The number of hydrogen-bond donors (Lipinski definition) is 0. The van der Waals surface area contributed by atoms with Crippen LogP contribution in [0.15, 0.2) is 30.3 Å². The first-order valence-electron chi connectivity index (χ1n) is 6.01. The van der Waals surface area contributed by atoms with Gasteiger partial charge in [-0.1, -0.05) is 43.3 Å². The van der Waals surface area contributed by atoms with Crippen LogP contribution < -0.4 is 0 Å². The Kier molecular flexibility index (Phi) is 3.55. The highest BCUT2D eigenvalue weighted by Crippen LogP contribution is 2.31. The maximum atomic E-state index is 10.5. The van der Waals surface area contributed by atoms with Gasteiger partial charge in [0.15, 0.2) is 0 Å². The molecule has 0 heterocycles. The third kappa shape index (κ3) is 3.06. The van der Waals surface area contributed by atoms with Gasteiger partial charge in [-0.25, -0.2) is 0 Å². The van der Waals surface area contributed by atoms with E-state index in [0.29, 0.717) is 12.3 Å². The molecule has 1 atom stereocenters. The highest BCUT2D eigenvalue weighted by molar-refractivity contribution is 5.54. The molecule has 84 valence electrons. The summed E-state index contributed by atoms with van der Waals surface area (Å²) in [7, 11) is 0. The van der Waals surface area contributed by atoms with Crippen molar-refractivity contribution in [3.8, 4) is 0 Å². The maximum absolute atomic E-state index is 10.5. The molecule has 1 nitrogen and oxygen atoms in total. The number of benzene rings is 1. The average Bonchev–Trinajstić information content (AvgIpc) is 3.11. The maximum Gasteiger partial charge on any atom is 0.120 e. The third-order valence-corrected chi connectivity index (χ3v) is 3.11. The Hall–Kier alpha value is -1.37. The zero-order chi connectivity index (χ0) is 11.4. The molecule has 1 aromatic rings. The molecule has 0 aliphatic heterocycles. The number of allylic oxidation sites excluding steroid dienone is 1. The fourth-order valence-electron chi connectivity index (χ4n) is 1.79. The van der Waals surface area contributed by atoms with Crippen LogP contribution in [0.25, 0.3) is 6.08 Å². The second-order valence-electron chi connectivity index (χ2n) is 4.67. The van der Waals surface area contributed by atoms with Gasteiger partial charge in [0.1, 0.15) is 6.29 Å². The molecule has 0 N–H and O–H groups in total. The van der Waals surface area contributed by atoms with E-state index < -0.39 is 0 Å². The van der Waals surface area contributed by atoms with Crippen LogP contribution in [0.3, 0.4) is 0 Å². The molecule has 0 bridgehead atoms. The number of hydrogen-bond acceptors (Lipinski definition) is 1. The Morgan fingerprint density at radius 1 is 1.44 bits per heavy atom. The zero-order valence-corrected chi connectivity index (χ0v) is 9.73. The van der Waals surface area contributed by atoms with Crippen molar-refractivity contribution in [3.05, 3.63) is 41.5 Å². The molecule has 1 aliphatic carbocycles. The number of carbonyl (C=O) groups excluding carboxylic acids is 1. The standard InChI is InChI=1S/C15H18O/c1-12(9-10-16)15-4-2-3-14(11-15)8-7-13-5-6-13/h2-4,7-8,10-13H,5-6,9H2,1H3. The summed E-state index contributed by atoms with van der Waals surface area (Å²) in [6.45, 7) is 2.10. The van der Waals surface area contributed by atoms with E-state index in [-0.39, 0.29) is 0 Å². The SMILES string of the molecule is CC(CC=O)c1cccc(C=CC2CC2)c1. The fourth-order valence-corrected chi connectivity index (χ4v) is 1.79. The van der Waals surface area contributed by atoms with Gasteiger partial charge in [-0.15, -0.1) is 0 Å². The van der Waals surface area contributed by atoms with E-state index in [1.54, 1.807) is 0 Å². The molecule has 0 radical (unpaired) electrons. The smallest absolute Gasteiger partial charge is 0.120 e. The lowest BCUT2D eigenvalue weighted by Gasteiger charge is -2.08. The molecule has 1 heteroatoms. The molecule has 0 spiro atoms. The summed E-state index contributed by atoms with van der Waals surface area (Å²) in [6, 6.07) is 8.48. The van der Waals surface area contributed by atoms with Crippen molar-refractivity contribution in [1.29, 1.82) is 0 Å². The summed E-state index contributed by atoms with van der Waals surface area (Å²) < 4.78 is 0. The Balaban J connectivity index is 2.08. The molecule has 1 unspecified atom stereocenters. The predicted octanol–water partition coefficient (Wildman–Crippen LogP) is 3.80. The van der Waals surface area contributed by atoms with E-state index in [9.17, 15) is 4.79 Å². The zero-order valence-electron chi connectivity index (χ0n) is 9.73. The second-order valence-corrected chi connectivity index (χ2v) is 4.67. The van der Waals surface area contributed by atoms with Crippen molar-refractivity contribution < 1.29 is 4.79 Å². The Labute approximate surface area is 97.2 Å². The summed E-state index contributed by atoms with van der Waals surface area (Å²) >= 11 is 0. The minimum absolute atomic E-state index is 0.326. The number of aldehydes is 1. The minimum Gasteiger partial charge on any atom is -0.303 e. The van der Waals surface area contributed by atoms with Gasteiger partial charge >= 0.3 is 0 Å². The van der Waals surface area contributed by atoms with Crippen molar-refractivity contribution >= 4 is 12.4 Å². The highest BCUT2D eigenvalue weighted by atomic mass is 16.1. The van der Waals surface area contributed by atoms with Crippen LogP contribution >= 0.6 is 0 Å². The van der Waals surface area contributed by atoms with Crippen molar-refractivity contribution in [2.75, 3.05) is 0 Å². The monoisotopic (exact) mass is 214 g/mol. The first-order chi connectivity index (χ1) is 7.79. The van der Waals surface area contributed by atoms with Crippen molar-refractivity contribution in [2.24, 2.45) is 5.92 Å². The minimum atomic E-state index is 0.326. The Morgan fingerprint density at radius 2 is 2.25 bits per heavy atom. The third-order valence-electron chi connectivity index (χ3n) is 3.11. The van der Waals surface area contributed by atoms with Gasteiger partial charge in [0.2, 0.25) is 0 Å². The van der Waals surface area contributed by atoms with Gasteiger partial charge in [0.05, 0.1) is 0 Å². The molecule has 1 fully saturated rings. The van der Waals surface area contributed by atoms with E-state index in [0.717, 1.165) is 12.2 Å². The summed E-state index contributed by atoms with van der Waals surface area (Å²) in [4.78, 5) is 10.5. The Bertz CT molecular complexity index is 388. The van der Waals surface area contributed by atoms with Gasteiger partial charge in [0.25, 0.3) is 0 Å². The van der Waals surface area contributed by atoms with Crippen LogP contribution in [-0.4, -0.2) is 6.29 Å². The first kappa shape index (κ1) is 11.1. The lowest BCUT2D eigenvalue weighted by atomic mass is 9.96. The van der Waals surface area contributed by atoms with Crippen molar-refractivity contribution in [3.63, 3.8) is 0 Å².